The molecule has 1 N–H and O–H groups in total. The average molecular weight is 295 g/mol. The van der Waals surface area contributed by atoms with E-state index in [1.807, 2.05) is 19.2 Å². The number of nitrogens with zero attached hydrogens (tertiary/aromatic N) is 1. The molecule has 0 bridgehead atoms. The smallest absolute Gasteiger partial charge is 0.0406 e. The van der Waals surface area contributed by atoms with Crippen molar-refractivity contribution in [3.63, 3.8) is 0 Å². The van der Waals surface area contributed by atoms with Crippen molar-refractivity contribution in [2.24, 2.45) is 11.8 Å². The summed E-state index contributed by atoms with van der Waals surface area (Å²) in [5, 5.41) is 4.24. The molecule has 0 radical (unpaired) electrons. The fraction of sp³-hybridized carbons (Fsp3) is 0.647. The maximum Gasteiger partial charge on any atom is 0.0406 e. The Labute approximate surface area is 128 Å². The van der Waals surface area contributed by atoms with E-state index in [0.717, 1.165) is 23.3 Å². The SMILES string of the molecule is CNC(CCN1CC(C)CC(C)C1)c1ccc(Cl)cc1. The predicted octanol–water partition coefficient (Wildman–Crippen LogP) is 3.97. The van der Waals surface area contributed by atoms with Gasteiger partial charge in [-0.3, -0.25) is 0 Å². The van der Waals surface area contributed by atoms with Crippen LogP contribution in [0.5, 0.6) is 0 Å². The highest BCUT2D eigenvalue weighted by Crippen LogP contribution is 2.23. The fourth-order valence-corrected chi connectivity index (χ4v) is 3.59. The van der Waals surface area contributed by atoms with Crippen LogP contribution in [-0.4, -0.2) is 31.6 Å². The van der Waals surface area contributed by atoms with E-state index in [2.05, 4.69) is 36.2 Å². The van der Waals surface area contributed by atoms with Gasteiger partial charge in [0.05, 0.1) is 0 Å². The van der Waals surface area contributed by atoms with Crippen LogP contribution in [0.3, 0.4) is 0 Å². The standard InChI is InChI=1S/C17H27ClN2/c1-13-10-14(2)12-20(11-13)9-8-17(19-3)15-4-6-16(18)7-5-15/h4-7,13-14,17,19H,8-12H2,1-3H3. The molecular weight excluding hydrogens is 268 g/mol. The molecule has 1 aromatic rings. The second-order valence-electron chi connectivity index (χ2n) is 6.39. The number of hydrogen-bond donors (Lipinski definition) is 1. The fourth-order valence-electron chi connectivity index (χ4n) is 3.46. The topological polar surface area (TPSA) is 15.3 Å². The molecule has 0 aromatic heterocycles. The van der Waals surface area contributed by atoms with Crippen LogP contribution in [0.1, 0.15) is 38.3 Å². The van der Waals surface area contributed by atoms with Crippen LogP contribution in [-0.2, 0) is 0 Å². The van der Waals surface area contributed by atoms with Crippen molar-refractivity contribution in [3.8, 4) is 0 Å². The molecule has 2 rings (SSSR count). The van der Waals surface area contributed by atoms with Gasteiger partial charge in [0.1, 0.15) is 0 Å². The summed E-state index contributed by atoms with van der Waals surface area (Å²) < 4.78 is 0. The first-order chi connectivity index (χ1) is 9.58. The van der Waals surface area contributed by atoms with Gasteiger partial charge in [0.2, 0.25) is 0 Å². The zero-order chi connectivity index (χ0) is 14.5. The maximum atomic E-state index is 5.96. The molecule has 0 saturated carbocycles. The van der Waals surface area contributed by atoms with E-state index >= 15 is 0 Å². The van der Waals surface area contributed by atoms with Crippen LogP contribution in [0.4, 0.5) is 0 Å². The van der Waals surface area contributed by atoms with Gasteiger partial charge in [-0.05, 0) is 56.0 Å². The van der Waals surface area contributed by atoms with Crippen LogP contribution in [0, 0.1) is 11.8 Å². The molecule has 0 amide bonds. The van der Waals surface area contributed by atoms with Crippen LogP contribution in [0.2, 0.25) is 5.02 Å². The predicted molar refractivity (Wildman–Crippen MR) is 87.3 cm³/mol. The van der Waals surface area contributed by atoms with E-state index in [9.17, 15) is 0 Å². The minimum Gasteiger partial charge on any atom is -0.313 e. The summed E-state index contributed by atoms with van der Waals surface area (Å²) in [5.41, 5.74) is 1.33. The van der Waals surface area contributed by atoms with Crippen LogP contribution in [0.15, 0.2) is 24.3 Å². The van der Waals surface area contributed by atoms with Crippen molar-refractivity contribution >= 4 is 11.6 Å². The van der Waals surface area contributed by atoms with Crippen molar-refractivity contribution in [2.75, 3.05) is 26.7 Å². The largest absolute Gasteiger partial charge is 0.313 e. The number of rotatable bonds is 5. The van der Waals surface area contributed by atoms with Crippen molar-refractivity contribution in [1.29, 1.82) is 0 Å². The third-order valence-electron chi connectivity index (χ3n) is 4.30. The zero-order valence-corrected chi connectivity index (χ0v) is 13.7. The van der Waals surface area contributed by atoms with Crippen LogP contribution in [0.25, 0.3) is 0 Å². The molecule has 20 heavy (non-hydrogen) atoms. The molecule has 1 aromatic carbocycles. The Hall–Kier alpha value is -0.570. The first-order valence-electron chi connectivity index (χ1n) is 7.73. The van der Waals surface area contributed by atoms with Gasteiger partial charge in [-0.25, -0.2) is 0 Å². The van der Waals surface area contributed by atoms with E-state index in [1.165, 1.54) is 31.6 Å². The van der Waals surface area contributed by atoms with E-state index in [-0.39, 0.29) is 0 Å². The summed E-state index contributed by atoms with van der Waals surface area (Å²) in [6.07, 6.45) is 2.53. The number of nitrogens with one attached hydrogen (secondary N) is 1. The Morgan fingerprint density at radius 3 is 2.35 bits per heavy atom. The Bertz CT molecular complexity index is 394. The van der Waals surface area contributed by atoms with Gasteiger partial charge >= 0.3 is 0 Å². The van der Waals surface area contributed by atoms with Gasteiger partial charge in [-0.15, -0.1) is 0 Å². The van der Waals surface area contributed by atoms with Gasteiger partial charge in [0.25, 0.3) is 0 Å². The molecule has 1 fully saturated rings. The Morgan fingerprint density at radius 1 is 1.20 bits per heavy atom. The molecule has 2 nitrogen and oxygen atoms in total. The van der Waals surface area contributed by atoms with Crippen molar-refractivity contribution < 1.29 is 0 Å². The first-order valence-corrected chi connectivity index (χ1v) is 8.11. The Morgan fingerprint density at radius 2 is 1.80 bits per heavy atom. The summed E-state index contributed by atoms with van der Waals surface area (Å²) in [5.74, 6) is 1.67. The van der Waals surface area contributed by atoms with Gasteiger partial charge in [0.15, 0.2) is 0 Å². The van der Waals surface area contributed by atoms with Gasteiger partial charge < -0.3 is 10.2 Å². The average Bonchev–Trinajstić information content (AvgIpc) is 2.40. The lowest BCUT2D eigenvalue weighted by molar-refractivity contribution is 0.136. The van der Waals surface area contributed by atoms with Gasteiger partial charge in [0, 0.05) is 24.2 Å². The number of piperidine rings is 1. The normalized spacial score (nSPS) is 25.6. The summed E-state index contributed by atoms with van der Waals surface area (Å²) in [4.78, 5) is 2.62. The summed E-state index contributed by atoms with van der Waals surface area (Å²) in [6, 6.07) is 8.63. The first kappa shape index (κ1) is 15.8. The molecule has 1 aliphatic heterocycles. The molecule has 112 valence electrons. The van der Waals surface area contributed by atoms with Crippen molar-refractivity contribution in [3.05, 3.63) is 34.9 Å². The van der Waals surface area contributed by atoms with E-state index < -0.39 is 0 Å². The number of hydrogen-bond acceptors (Lipinski definition) is 2. The Kier molecular flexibility index (Phi) is 5.88. The second kappa shape index (κ2) is 7.44. The molecule has 3 unspecified atom stereocenters. The highest BCUT2D eigenvalue weighted by Gasteiger charge is 2.22. The second-order valence-corrected chi connectivity index (χ2v) is 6.82. The molecule has 1 heterocycles. The molecule has 3 heteroatoms. The van der Waals surface area contributed by atoms with Crippen LogP contribution < -0.4 is 5.32 Å². The molecular formula is C17H27ClN2. The Balaban J connectivity index is 1.89. The number of likely N-dealkylation sites (tertiary alicyclic amines) is 1. The van der Waals surface area contributed by atoms with Crippen molar-refractivity contribution in [2.45, 2.75) is 32.7 Å². The van der Waals surface area contributed by atoms with Gasteiger partial charge in [-0.1, -0.05) is 37.6 Å². The van der Waals surface area contributed by atoms with Crippen molar-refractivity contribution in [1.82, 2.24) is 10.2 Å². The molecule has 0 aliphatic carbocycles. The lowest BCUT2D eigenvalue weighted by atomic mass is 9.91. The molecule has 3 atom stereocenters. The van der Waals surface area contributed by atoms with E-state index in [1.54, 1.807) is 0 Å². The summed E-state index contributed by atoms with van der Waals surface area (Å²) in [7, 11) is 2.04. The monoisotopic (exact) mass is 294 g/mol. The lowest BCUT2D eigenvalue weighted by Gasteiger charge is -2.35. The molecule has 1 saturated heterocycles. The minimum atomic E-state index is 0.416. The highest BCUT2D eigenvalue weighted by molar-refractivity contribution is 6.30. The van der Waals surface area contributed by atoms with Crippen LogP contribution >= 0.6 is 11.6 Å². The molecule has 0 spiro atoms. The quantitative estimate of drug-likeness (QED) is 0.884. The molecule has 1 aliphatic rings. The third-order valence-corrected chi connectivity index (χ3v) is 4.55. The number of halogens is 1. The number of benzene rings is 1. The highest BCUT2D eigenvalue weighted by atomic mass is 35.5. The third kappa shape index (κ3) is 4.47. The van der Waals surface area contributed by atoms with Gasteiger partial charge in [-0.2, -0.15) is 0 Å². The summed E-state index contributed by atoms with van der Waals surface area (Å²) >= 11 is 5.96. The maximum absolute atomic E-state index is 5.96. The van der Waals surface area contributed by atoms with E-state index in [4.69, 9.17) is 11.6 Å². The summed E-state index contributed by atoms with van der Waals surface area (Å²) in [6.45, 7) is 8.42. The lowest BCUT2D eigenvalue weighted by Crippen LogP contribution is -2.40. The zero-order valence-electron chi connectivity index (χ0n) is 12.9. The minimum absolute atomic E-state index is 0.416. The van der Waals surface area contributed by atoms with E-state index in [0.29, 0.717) is 6.04 Å².